The molecular formula is C46H60N8O10S2. The number of nitrogens with two attached hydrogens (primary N) is 1. The third-order valence-electron chi connectivity index (χ3n) is 14.1. The number of aliphatic hydroxyl groups excluding tert-OH is 1. The Balaban J connectivity index is 0.000000166. The van der Waals surface area contributed by atoms with Gasteiger partial charge in [0.2, 0.25) is 0 Å². The summed E-state index contributed by atoms with van der Waals surface area (Å²) in [5.74, 6) is 2.93. The maximum absolute atomic E-state index is 12.8. The van der Waals surface area contributed by atoms with E-state index in [1.807, 2.05) is 48.5 Å². The van der Waals surface area contributed by atoms with E-state index in [0.717, 1.165) is 22.3 Å². The normalized spacial score (nSPS) is 25.6. The highest BCUT2D eigenvalue weighted by Gasteiger charge is 2.47. The summed E-state index contributed by atoms with van der Waals surface area (Å²) in [5.41, 5.74) is 9.60. The van der Waals surface area contributed by atoms with E-state index in [0.29, 0.717) is 106 Å². The Bertz CT molecular complexity index is 2590. The molecule has 18 nitrogen and oxygen atoms in total. The molecule has 0 spiro atoms. The Labute approximate surface area is 386 Å². The summed E-state index contributed by atoms with van der Waals surface area (Å²) >= 11 is 0. The van der Waals surface area contributed by atoms with Gasteiger partial charge in [0, 0.05) is 30.2 Å². The summed E-state index contributed by atoms with van der Waals surface area (Å²) in [4.78, 5) is 23.7. The lowest BCUT2D eigenvalue weighted by molar-refractivity contribution is -0.0568. The second-order valence-electron chi connectivity index (χ2n) is 19.6. The molecule has 6 aliphatic heterocycles. The summed E-state index contributed by atoms with van der Waals surface area (Å²) in [6, 6.07) is 15.6. The highest BCUT2D eigenvalue weighted by atomic mass is 32.2. The molecule has 356 valence electrons. The first-order valence-corrected chi connectivity index (χ1v) is 26.0. The van der Waals surface area contributed by atoms with Crippen molar-refractivity contribution in [3.05, 3.63) is 71.0 Å². The number of hydrogen-bond acceptors (Lipinski definition) is 18. The third kappa shape index (κ3) is 7.99. The van der Waals surface area contributed by atoms with Crippen molar-refractivity contribution in [2.24, 2.45) is 5.73 Å². The monoisotopic (exact) mass is 948 g/mol. The Morgan fingerprint density at radius 3 is 1.53 bits per heavy atom. The molecule has 10 rings (SSSR count). The Hall–Kier alpha value is -4.54. The van der Waals surface area contributed by atoms with Crippen molar-refractivity contribution >= 4 is 31.3 Å². The van der Waals surface area contributed by atoms with Gasteiger partial charge in [0.25, 0.3) is 0 Å². The average Bonchev–Trinajstić information content (AvgIpc) is 4.08. The second kappa shape index (κ2) is 16.6. The molecule has 20 heteroatoms. The van der Waals surface area contributed by atoms with E-state index in [1.54, 1.807) is 27.7 Å². The molecule has 4 aromatic rings. The number of fused-ring (bicyclic) bond motifs is 6. The van der Waals surface area contributed by atoms with Crippen molar-refractivity contribution in [1.29, 1.82) is 0 Å². The summed E-state index contributed by atoms with van der Waals surface area (Å²) in [7, 11) is -7.02. The minimum Gasteiger partial charge on any atom is -0.486 e. The van der Waals surface area contributed by atoms with E-state index >= 15 is 0 Å². The van der Waals surface area contributed by atoms with Gasteiger partial charge in [-0.25, -0.2) is 36.8 Å². The second-order valence-corrected chi connectivity index (χ2v) is 24.7. The average molecular weight is 949 g/mol. The smallest absolute Gasteiger partial charge is 0.185 e. The van der Waals surface area contributed by atoms with Crippen LogP contribution >= 0.6 is 0 Å². The summed E-state index contributed by atoms with van der Waals surface area (Å²) in [6.07, 6.45) is 2.44. The molecule has 2 aromatic carbocycles. The van der Waals surface area contributed by atoms with Crippen molar-refractivity contribution in [2.75, 3.05) is 88.3 Å². The quantitative estimate of drug-likeness (QED) is 0.204. The van der Waals surface area contributed by atoms with Gasteiger partial charge in [-0.3, -0.25) is 0 Å². The fourth-order valence-electron chi connectivity index (χ4n) is 9.01. The fraction of sp³-hybridized carbons (Fsp3) is 0.565. The molecule has 2 aromatic heterocycles. The summed E-state index contributed by atoms with van der Waals surface area (Å²) < 4.78 is 77.5. The third-order valence-corrected chi connectivity index (χ3v) is 18.2. The van der Waals surface area contributed by atoms with Gasteiger partial charge in [-0.2, -0.15) is 0 Å². The van der Waals surface area contributed by atoms with Crippen LogP contribution in [0.4, 0.5) is 11.6 Å². The fourth-order valence-corrected chi connectivity index (χ4v) is 9.99. The first-order chi connectivity index (χ1) is 31.1. The van der Waals surface area contributed by atoms with Gasteiger partial charge in [-0.05, 0) is 64.8 Å². The van der Waals surface area contributed by atoms with Crippen LogP contribution in [0.15, 0.2) is 48.5 Å². The lowest BCUT2D eigenvalue weighted by Gasteiger charge is -2.45. The van der Waals surface area contributed by atoms with E-state index in [9.17, 15) is 21.9 Å². The number of anilines is 2. The lowest BCUT2D eigenvalue weighted by atomic mass is 9.88. The molecule has 4 N–H and O–H groups in total. The molecular weight excluding hydrogens is 889 g/mol. The number of nitrogens with zero attached hydrogens (tertiary/aromatic N) is 6. The molecule has 4 saturated heterocycles. The number of aliphatic hydroxyl groups is 1. The molecule has 6 aliphatic rings. The van der Waals surface area contributed by atoms with Crippen LogP contribution in [-0.2, 0) is 54.5 Å². The molecule has 0 radical (unpaired) electrons. The number of nitrogens with one attached hydrogen (secondary N) is 1. The predicted molar refractivity (Wildman–Crippen MR) is 248 cm³/mol. The van der Waals surface area contributed by atoms with Crippen LogP contribution in [0.25, 0.3) is 22.8 Å². The maximum Gasteiger partial charge on any atom is 0.185 e. The number of benzene rings is 2. The SMILES string of the molecule is C[C@@H]1COC[C@H]2COc3c(nc(-c4cccc(C5(CO)CN5)c4)nc3C(C)(C)S(C)(=O)=O)N21.C[C@@H]1COC[C@H]2COc3c(nc(-c4cccc(C5(N)COC5)c4)nc3C(C)(C)S(C)(=O)=O)N21. The number of hydrogen-bond donors (Lipinski definition) is 3. The van der Waals surface area contributed by atoms with Crippen LogP contribution < -0.4 is 30.3 Å². The van der Waals surface area contributed by atoms with Crippen LogP contribution in [0.5, 0.6) is 11.5 Å². The number of morpholine rings is 2. The van der Waals surface area contributed by atoms with Crippen LogP contribution in [0, 0.1) is 0 Å². The zero-order valence-corrected chi connectivity index (χ0v) is 40.3. The maximum atomic E-state index is 12.8. The van der Waals surface area contributed by atoms with Gasteiger partial charge in [0.05, 0.1) is 81.5 Å². The molecule has 66 heavy (non-hydrogen) atoms. The van der Waals surface area contributed by atoms with Gasteiger partial charge in [-0.1, -0.05) is 36.4 Å². The Kier molecular flexibility index (Phi) is 11.7. The highest BCUT2D eigenvalue weighted by Crippen LogP contribution is 2.47. The van der Waals surface area contributed by atoms with Crippen molar-refractivity contribution in [3.8, 4) is 34.3 Å². The van der Waals surface area contributed by atoms with Gasteiger partial charge in [0.1, 0.15) is 34.1 Å². The Morgan fingerprint density at radius 2 is 1.14 bits per heavy atom. The number of rotatable bonds is 9. The number of sulfone groups is 2. The van der Waals surface area contributed by atoms with E-state index in [1.165, 1.54) is 12.5 Å². The van der Waals surface area contributed by atoms with Crippen molar-refractivity contribution in [2.45, 2.75) is 86.3 Å². The lowest BCUT2D eigenvalue weighted by Crippen LogP contribution is -2.56. The van der Waals surface area contributed by atoms with Gasteiger partial charge in [-0.15, -0.1) is 0 Å². The number of aromatic nitrogens is 4. The standard InChI is InChI=1S/2C23H30N4O5S/c1-14-9-30-10-17-11-32-18-19(22(2,3)33(4,28)29)25-20(26-21(18)27(14)17)15-6-5-7-16(8-15)23(24)12-31-13-23;1-14-9-31-10-17-11-32-18-19(22(2,3)33(4,29)30)25-20(26-21(18)27(14)17)15-6-5-7-16(8-15)23(13-28)12-24-23/h5-8,14,17H,9-13,24H2,1-4H3;5-8,14,17,24,28H,9-13H2,1-4H3/t14-,17+;14-,17+,23?/m11/s1. The zero-order chi connectivity index (χ0) is 47.2. The van der Waals surface area contributed by atoms with Gasteiger partial charge < -0.3 is 49.6 Å². The van der Waals surface area contributed by atoms with Gasteiger partial charge >= 0.3 is 0 Å². The highest BCUT2D eigenvalue weighted by molar-refractivity contribution is 7.91. The van der Waals surface area contributed by atoms with Crippen LogP contribution in [0.3, 0.4) is 0 Å². The van der Waals surface area contributed by atoms with E-state index in [4.69, 9.17) is 49.4 Å². The van der Waals surface area contributed by atoms with E-state index in [2.05, 4.69) is 29.0 Å². The van der Waals surface area contributed by atoms with Crippen LogP contribution in [0.1, 0.15) is 64.1 Å². The molecule has 4 fully saturated rings. The van der Waals surface area contributed by atoms with E-state index in [-0.39, 0.29) is 30.8 Å². The molecule has 0 bridgehead atoms. The minimum absolute atomic E-state index is 0.00199. The van der Waals surface area contributed by atoms with Crippen LogP contribution in [-0.4, -0.2) is 145 Å². The molecule has 8 heterocycles. The first kappa shape index (κ1) is 46.6. The molecule has 0 amide bonds. The van der Waals surface area contributed by atoms with Gasteiger partial charge in [0.15, 0.2) is 54.5 Å². The molecule has 5 atom stereocenters. The first-order valence-electron chi connectivity index (χ1n) is 22.2. The molecule has 0 saturated carbocycles. The zero-order valence-electron chi connectivity index (χ0n) is 38.7. The van der Waals surface area contributed by atoms with Crippen molar-refractivity contribution in [1.82, 2.24) is 25.3 Å². The largest absolute Gasteiger partial charge is 0.486 e. The molecule has 1 unspecified atom stereocenters. The molecule has 0 aliphatic carbocycles. The minimum atomic E-state index is -3.51. The van der Waals surface area contributed by atoms with Crippen molar-refractivity contribution in [3.63, 3.8) is 0 Å². The number of ether oxygens (including phenoxy) is 5. The van der Waals surface area contributed by atoms with E-state index < -0.39 is 40.2 Å². The topological polar surface area (TPSA) is 241 Å². The predicted octanol–water partition coefficient (Wildman–Crippen LogP) is 2.79. The summed E-state index contributed by atoms with van der Waals surface area (Å²) in [6.45, 7) is 15.3. The van der Waals surface area contributed by atoms with Crippen molar-refractivity contribution < 1.29 is 45.6 Å². The Morgan fingerprint density at radius 1 is 0.697 bits per heavy atom. The summed E-state index contributed by atoms with van der Waals surface area (Å²) in [5, 5.41) is 13.1. The van der Waals surface area contributed by atoms with Crippen LogP contribution in [0.2, 0.25) is 0 Å².